The molecule has 2 heterocycles. The van der Waals surface area contributed by atoms with Gasteiger partial charge in [-0.05, 0) is 47.0 Å². The second-order valence-corrected chi connectivity index (χ2v) is 8.79. The average molecular weight is 452 g/mol. The minimum absolute atomic E-state index is 0.252. The number of nitriles is 1. The van der Waals surface area contributed by atoms with Crippen LogP contribution in [-0.4, -0.2) is 33.6 Å². The van der Waals surface area contributed by atoms with Crippen molar-refractivity contribution < 1.29 is 14.6 Å². The molecule has 4 aromatic rings. The number of carboxylic acid groups (broad SMARTS) is 1. The summed E-state index contributed by atoms with van der Waals surface area (Å²) in [7, 11) is 2.03. The number of likely N-dealkylation sites (tertiary alicyclic amines) is 1. The van der Waals surface area contributed by atoms with E-state index in [0.717, 1.165) is 45.6 Å². The Kier molecular flexibility index (Phi) is 5.79. The van der Waals surface area contributed by atoms with Gasteiger partial charge in [0.25, 0.3) is 0 Å². The van der Waals surface area contributed by atoms with Crippen molar-refractivity contribution in [3.63, 3.8) is 0 Å². The van der Waals surface area contributed by atoms with Crippen LogP contribution < -0.4 is 4.74 Å². The molecule has 0 aliphatic carbocycles. The maximum absolute atomic E-state index is 11.0. The molecular formula is C28H25N3O3. The molecule has 34 heavy (non-hydrogen) atoms. The van der Waals surface area contributed by atoms with Crippen LogP contribution in [0.3, 0.4) is 0 Å². The summed E-state index contributed by atoms with van der Waals surface area (Å²) in [6.45, 7) is 2.30. The number of aliphatic carboxylic acids is 1. The van der Waals surface area contributed by atoms with Gasteiger partial charge in [0.05, 0.1) is 17.6 Å². The van der Waals surface area contributed by atoms with Crippen molar-refractivity contribution in [1.29, 1.82) is 5.26 Å². The molecule has 1 N–H and O–H groups in total. The van der Waals surface area contributed by atoms with Crippen molar-refractivity contribution in [2.24, 2.45) is 13.0 Å². The third-order valence-electron chi connectivity index (χ3n) is 6.50. The first kappa shape index (κ1) is 21.7. The highest BCUT2D eigenvalue weighted by Gasteiger charge is 2.32. The molecule has 1 aromatic heterocycles. The van der Waals surface area contributed by atoms with E-state index in [1.165, 1.54) is 0 Å². The zero-order valence-corrected chi connectivity index (χ0v) is 18.9. The zero-order chi connectivity index (χ0) is 23.7. The first-order valence-corrected chi connectivity index (χ1v) is 11.3. The first-order valence-electron chi connectivity index (χ1n) is 11.3. The Hall–Kier alpha value is -4.08. The van der Waals surface area contributed by atoms with Crippen LogP contribution in [0.5, 0.6) is 5.75 Å². The van der Waals surface area contributed by atoms with Gasteiger partial charge in [0.1, 0.15) is 12.4 Å². The molecule has 1 aliphatic rings. The lowest BCUT2D eigenvalue weighted by molar-refractivity contribution is -0.147. The van der Waals surface area contributed by atoms with Crippen molar-refractivity contribution in [2.75, 3.05) is 13.1 Å². The van der Waals surface area contributed by atoms with Crippen LogP contribution in [-0.2, 0) is 25.0 Å². The minimum atomic E-state index is -0.716. The van der Waals surface area contributed by atoms with Gasteiger partial charge in [-0.2, -0.15) is 5.26 Å². The van der Waals surface area contributed by atoms with Crippen molar-refractivity contribution in [2.45, 2.75) is 13.2 Å². The van der Waals surface area contributed by atoms with Crippen LogP contribution in [0.25, 0.3) is 22.0 Å². The second kappa shape index (κ2) is 9.05. The third kappa shape index (κ3) is 4.26. The van der Waals surface area contributed by atoms with Crippen molar-refractivity contribution in [3.8, 4) is 22.9 Å². The molecule has 6 nitrogen and oxygen atoms in total. The largest absolute Gasteiger partial charge is 0.489 e. The Labute approximate surface area is 198 Å². The summed E-state index contributed by atoms with van der Waals surface area (Å²) in [6.07, 6.45) is 0. The molecule has 1 saturated heterocycles. The summed E-state index contributed by atoms with van der Waals surface area (Å²) in [5.41, 5.74) is 5.76. The number of rotatable bonds is 7. The second-order valence-electron chi connectivity index (χ2n) is 8.79. The molecule has 6 heteroatoms. The molecule has 3 aromatic carbocycles. The van der Waals surface area contributed by atoms with Gasteiger partial charge in [0.2, 0.25) is 0 Å². The van der Waals surface area contributed by atoms with E-state index in [4.69, 9.17) is 9.84 Å². The fraction of sp³-hybridized carbons (Fsp3) is 0.214. The van der Waals surface area contributed by atoms with Crippen LogP contribution in [0.1, 0.15) is 16.8 Å². The quantitative estimate of drug-likeness (QED) is 0.436. The summed E-state index contributed by atoms with van der Waals surface area (Å²) in [5.74, 6) is -0.199. The van der Waals surface area contributed by atoms with Gasteiger partial charge in [-0.25, -0.2) is 0 Å². The molecule has 0 unspecified atom stereocenters. The monoisotopic (exact) mass is 451 g/mol. The van der Waals surface area contributed by atoms with Gasteiger partial charge >= 0.3 is 5.97 Å². The summed E-state index contributed by atoms with van der Waals surface area (Å²) in [6, 6.07) is 26.2. The molecule has 5 rings (SSSR count). The Bertz CT molecular complexity index is 1400. The fourth-order valence-electron chi connectivity index (χ4n) is 4.52. The Morgan fingerprint density at radius 2 is 1.88 bits per heavy atom. The van der Waals surface area contributed by atoms with Gasteiger partial charge in [0.15, 0.2) is 0 Å². The van der Waals surface area contributed by atoms with E-state index in [1.54, 1.807) is 0 Å². The number of aryl methyl sites for hydroxylation is 1. The Balaban J connectivity index is 1.28. The molecular weight excluding hydrogens is 426 g/mol. The molecule has 0 bridgehead atoms. The molecule has 1 fully saturated rings. The zero-order valence-electron chi connectivity index (χ0n) is 18.9. The van der Waals surface area contributed by atoms with Crippen molar-refractivity contribution in [3.05, 3.63) is 89.6 Å². The molecule has 0 amide bonds. The van der Waals surface area contributed by atoms with E-state index in [0.29, 0.717) is 25.3 Å². The van der Waals surface area contributed by atoms with Crippen LogP contribution >= 0.6 is 0 Å². The van der Waals surface area contributed by atoms with Crippen LogP contribution in [0.4, 0.5) is 0 Å². The number of benzene rings is 3. The molecule has 0 saturated carbocycles. The normalized spacial score (nSPS) is 14.0. The van der Waals surface area contributed by atoms with E-state index in [2.05, 4.69) is 21.6 Å². The van der Waals surface area contributed by atoms with Gasteiger partial charge in [-0.15, -0.1) is 0 Å². The van der Waals surface area contributed by atoms with Crippen LogP contribution in [0, 0.1) is 17.2 Å². The number of ether oxygens (including phenoxy) is 1. The molecule has 0 atom stereocenters. The lowest BCUT2D eigenvalue weighted by Gasteiger charge is -2.36. The smallest absolute Gasteiger partial charge is 0.309 e. The summed E-state index contributed by atoms with van der Waals surface area (Å²) in [5, 5.41) is 19.8. The van der Waals surface area contributed by atoms with Crippen molar-refractivity contribution in [1.82, 2.24) is 9.47 Å². The van der Waals surface area contributed by atoms with Crippen LogP contribution in [0.15, 0.2) is 72.8 Å². The highest BCUT2D eigenvalue weighted by Crippen LogP contribution is 2.28. The molecule has 1 aliphatic heterocycles. The SMILES string of the molecule is Cn1c(CN2CC(C(=O)O)C2)cc2cc(OCc3ccc(-c4ccccc4)c(C#N)c3)ccc21. The van der Waals surface area contributed by atoms with Gasteiger partial charge in [0, 0.05) is 43.3 Å². The van der Waals surface area contributed by atoms with Crippen LogP contribution in [0.2, 0.25) is 0 Å². The Morgan fingerprint density at radius 3 is 2.62 bits per heavy atom. The number of aromatic nitrogens is 1. The highest BCUT2D eigenvalue weighted by atomic mass is 16.5. The predicted molar refractivity (Wildman–Crippen MR) is 130 cm³/mol. The lowest BCUT2D eigenvalue weighted by Crippen LogP contribution is -2.49. The van der Waals surface area contributed by atoms with Crippen molar-refractivity contribution >= 4 is 16.9 Å². The number of hydrogen-bond donors (Lipinski definition) is 1. The van der Waals surface area contributed by atoms with Gasteiger partial charge in [-0.1, -0.05) is 42.5 Å². The maximum Gasteiger partial charge on any atom is 0.309 e. The standard InChI is InChI=1S/C28H25N3O3/c1-30-24(17-31-15-23(16-31)28(32)33)12-21-13-25(8-10-27(21)30)34-18-19-7-9-26(22(11-19)14-29)20-5-3-2-4-6-20/h2-13,23H,15-18H2,1H3,(H,32,33). The number of hydrogen-bond acceptors (Lipinski definition) is 4. The molecule has 170 valence electrons. The average Bonchev–Trinajstić information content (AvgIpc) is 3.14. The molecule has 0 spiro atoms. The van der Waals surface area contributed by atoms with E-state index in [-0.39, 0.29) is 5.92 Å². The number of carboxylic acids is 1. The highest BCUT2D eigenvalue weighted by molar-refractivity contribution is 5.83. The van der Waals surface area contributed by atoms with E-state index in [1.807, 2.05) is 73.8 Å². The summed E-state index contributed by atoms with van der Waals surface area (Å²) < 4.78 is 8.20. The Morgan fingerprint density at radius 1 is 1.09 bits per heavy atom. The topological polar surface area (TPSA) is 78.5 Å². The maximum atomic E-state index is 11.0. The third-order valence-corrected chi connectivity index (χ3v) is 6.50. The number of nitrogens with zero attached hydrogens (tertiary/aromatic N) is 3. The molecule has 0 radical (unpaired) electrons. The minimum Gasteiger partial charge on any atom is -0.489 e. The van der Waals surface area contributed by atoms with E-state index >= 15 is 0 Å². The summed E-state index contributed by atoms with van der Waals surface area (Å²) >= 11 is 0. The van der Waals surface area contributed by atoms with E-state index in [9.17, 15) is 10.1 Å². The van der Waals surface area contributed by atoms with E-state index < -0.39 is 5.97 Å². The first-order chi connectivity index (χ1) is 16.5. The van der Waals surface area contributed by atoms with Gasteiger partial charge < -0.3 is 14.4 Å². The lowest BCUT2D eigenvalue weighted by atomic mass is 9.98. The predicted octanol–water partition coefficient (Wildman–Crippen LogP) is 4.81. The fourth-order valence-corrected chi connectivity index (χ4v) is 4.52. The number of fused-ring (bicyclic) bond motifs is 1. The summed E-state index contributed by atoms with van der Waals surface area (Å²) in [4.78, 5) is 13.2. The van der Waals surface area contributed by atoms with Gasteiger partial charge in [-0.3, -0.25) is 9.69 Å². The number of carbonyl (C=O) groups is 1.